The number of methoxy groups -OCH3 is 1. The van der Waals surface area contributed by atoms with E-state index in [1.165, 1.54) is 0 Å². The summed E-state index contributed by atoms with van der Waals surface area (Å²) in [7, 11) is 1.64. The topological polar surface area (TPSA) is 73.7 Å². The highest BCUT2D eigenvalue weighted by Gasteiger charge is 2.30. The Hall–Kier alpha value is -3.12. The van der Waals surface area contributed by atoms with Gasteiger partial charge < -0.3 is 19.3 Å². The molecular formula is C23H24N2O4. The molecule has 0 unspecified atom stereocenters. The second-order valence-corrected chi connectivity index (χ2v) is 7.07. The molecule has 3 aromatic rings. The number of aliphatic hydroxyl groups is 1. The summed E-state index contributed by atoms with van der Waals surface area (Å²) in [6.45, 7) is 0.958. The van der Waals surface area contributed by atoms with Crippen LogP contribution >= 0.6 is 0 Å². The predicted molar refractivity (Wildman–Crippen MR) is 108 cm³/mol. The van der Waals surface area contributed by atoms with Crippen molar-refractivity contribution in [2.24, 2.45) is 5.92 Å². The summed E-state index contributed by atoms with van der Waals surface area (Å²) in [5.41, 5.74) is 2.76. The quantitative estimate of drug-likeness (QED) is 0.664. The molecule has 1 aliphatic heterocycles. The lowest BCUT2D eigenvalue weighted by Crippen LogP contribution is -2.27. The van der Waals surface area contributed by atoms with Crippen LogP contribution in [0.5, 0.6) is 17.2 Å². The third-order valence-corrected chi connectivity index (χ3v) is 5.07. The van der Waals surface area contributed by atoms with Crippen LogP contribution in [0, 0.1) is 5.92 Å². The maximum absolute atomic E-state index is 10.9. The average Bonchev–Trinajstić information content (AvgIpc) is 2.77. The summed E-state index contributed by atoms with van der Waals surface area (Å²) in [5, 5.41) is 10.9. The first kappa shape index (κ1) is 19.2. The van der Waals surface area contributed by atoms with E-state index in [2.05, 4.69) is 9.97 Å². The van der Waals surface area contributed by atoms with Crippen molar-refractivity contribution in [1.82, 2.24) is 9.97 Å². The van der Waals surface area contributed by atoms with Gasteiger partial charge in [0.05, 0.1) is 26.4 Å². The van der Waals surface area contributed by atoms with Gasteiger partial charge in [0.2, 0.25) is 0 Å². The Labute approximate surface area is 170 Å². The molecule has 0 saturated carbocycles. The number of aromatic nitrogens is 2. The number of pyridine rings is 2. The molecule has 6 heteroatoms. The van der Waals surface area contributed by atoms with Gasteiger partial charge in [0.15, 0.2) is 0 Å². The molecule has 6 nitrogen and oxygen atoms in total. The Morgan fingerprint density at radius 3 is 2.90 bits per heavy atom. The minimum atomic E-state index is -0.609. The van der Waals surface area contributed by atoms with Crippen molar-refractivity contribution in [2.75, 3.05) is 20.3 Å². The van der Waals surface area contributed by atoms with Crippen LogP contribution in [0.4, 0.5) is 0 Å². The first-order valence-corrected chi connectivity index (χ1v) is 9.68. The van der Waals surface area contributed by atoms with Crippen molar-refractivity contribution >= 4 is 0 Å². The average molecular weight is 392 g/mol. The molecule has 0 fully saturated rings. The van der Waals surface area contributed by atoms with Crippen LogP contribution in [0.2, 0.25) is 0 Å². The molecule has 0 amide bonds. The molecule has 1 N–H and O–H groups in total. The fraction of sp³-hybridized carbons (Fsp3) is 0.304. The second kappa shape index (κ2) is 8.92. The summed E-state index contributed by atoms with van der Waals surface area (Å²) in [5.74, 6) is 2.17. The summed E-state index contributed by atoms with van der Waals surface area (Å²) < 4.78 is 17.0. The van der Waals surface area contributed by atoms with E-state index < -0.39 is 6.10 Å². The van der Waals surface area contributed by atoms with Crippen LogP contribution in [-0.2, 0) is 12.8 Å². The lowest BCUT2D eigenvalue weighted by Gasteiger charge is -2.30. The van der Waals surface area contributed by atoms with E-state index in [1.807, 2.05) is 48.7 Å². The van der Waals surface area contributed by atoms with Crippen molar-refractivity contribution in [3.63, 3.8) is 0 Å². The number of nitrogens with zero attached hydrogens (tertiary/aromatic N) is 2. The van der Waals surface area contributed by atoms with Gasteiger partial charge in [0.25, 0.3) is 0 Å². The van der Waals surface area contributed by atoms with Gasteiger partial charge in [-0.2, -0.15) is 0 Å². The molecule has 2 aromatic heterocycles. The van der Waals surface area contributed by atoms with E-state index in [9.17, 15) is 5.11 Å². The molecule has 3 heterocycles. The summed E-state index contributed by atoms with van der Waals surface area (Å²) in [6, 6.07) is 13.2. The van der Waals surface area contributed by atoms with Gasteiger partial charge in [-0.1, -0.05) is 6.07 Å². The summed E-state index contributed by atoms with van der Waals surface area (Å²) in [6.07, 6.45) is 6.06. The predicted octanol–water partition coefficient (Wildman–Crippen LogP) is 3.39. The van der Waals surface area contributed by atoms with Crippen LogP contribution in [-0.4, -0.2) is 35.4 Å². The van der Waals surface area contributed by atoms with E-state index in [-0.39, 0.29) is 5.92 Å². The molecule has 0 spiro atoms. The molecular weight excluding hydrogens is 368 g/mol. The number of hydrogen-bond donors (Lipinski definition) is 1. The molecule has 0 aliphatic carbocycles. The largest absolute Gasteiger partial charge is 0.497 e. The summed E-state index contributed by atoms with van der Waals surface area (Å²) >= 11 is 0. The Kier molecular flexibility index (Phi) is 5.91. The summed E-state index contributed by atoms with van der Waals surface area (Å²) in [4.78, 5) is 8.47. The zero-order valence-electron chi connectivity index (χ0n) is 16.3. The first-order valence-electron chi connectivity index (χ1n) is 9.68. The number of hydrogen-bond acceptors (Lipinski definition) is 6. The van der Waals surface area contributed by atoms with Crippen molar-refractivity contribution in [2.45, 2.75) is 18.9 Å². The van der Waals surface area contributed by atoms with E-state index in [0.717, 1.165) is 22.6 Å². The highest BCUT2D eigenvalue weighted by atomic mass is 16.5. The number of rotatable bonds is 7. The molecule has 0 bridgehead atoms. The SMILES string of the molecule is COc1ccnc(CCOc2ccc3c(c2)[C@H](O)[C@H](Cc2cccnc2)CO3)c1. The van der Waals surface area contributed by atoms with Crippen molar-refractivity contribution in [3.05, 3.63) is 77.9 Å². The molecule has 1 aliphatic rings. The number of aliphatic hydroxyl groups excluding tert-OH is 1. The van der Waals surface area contributed by atoms with Gasteiger partial charge in [-0.15, -0.1) is 0 Å². The molecule has 29 heavy (non-hydrogen) atoms. The van der Waals surface area contributed by atoms with Gasteiger partial charge in [-0.25, -0.2) is 0 Å². The molecule has 0 saturated heterocycles. The highest BCUT2D eigenvalue weighted by molar-refractivity contribution is 5.43. The Morgan fingerprint density at radius 1 is 1.14 bits per heavy atom. The van der Waals surface area contributed by atoms with Crippen molar-refractivity contribution in [1.29, 1.82) is 0 Å². The van der Waals surface area contributed by atoms with Crippen LogP contribution in [0.15, 0.2) is 61.1 Å². The maximum Gasteiger partial charge on any atom is 0.125 e. The lowest BCUT2D eigenvalue weighted by atomic mass is 9.88. The van der Waals surface area contributed by atoms with Crippen LogP contribution < -0.4 is 14.2 Å². The van der Waals surface area contributed by atoms with Crippen molar-refractivity contribution < 1.29 is 19.3 Å². The molecule has 4 rings (SSSR count). The van der Waals surface area contributed by atoms with E-state index >= 15 is 0 Å². The standard InChI is InChI=1S/C23H24N2O4/c1-27-19-6-9-25-18(12-19)7-10-28-20-4-5-22-21(13-20)23(26)17(15-29-22)11-16-3-2-8-24-14-16/h2-6,8-9,12-14,17,23,26H,7,10-11,15H2,1H3/t17-,23-/m1/s1. The lowest BCUT2D eigenvalue weighted by molar-refractivity contribution is 0.0504. The molecule has 1 aromatic carbocycles. The monoisotopic (exact) mass is 392 g/mol. The number of benzene rings is 1. The van der Waals surface area contributed by atoms with Crippen LogP contribution in [0.25, 0.3) is 0 Å². The van der Waals surface area contributed by atoms with Crippen LogP contribution in [0.1, 0.15) is 22.9 Å². The molecule has 0 radical (unpaired) electrons. The van der Waals surface area contributed by atoms with Crippen molar-refractivity contribution in [3.8, 4) is 17.2 Å². The second-order valence-electron chi connectivity index (χ2n) is 7.07. The zero-order chi connectivity index (χ0) is 20.1. The van der Waals surface area contributed by atoms with E-state index in [4.69, 9.17) is 14.2 Å². The normalized spacial score (nSPS) is 17.9. The van der Waals surface area contributed by atoms with Gasteiger partial charge in [0.1, 0.15) is 17.2 Å². The highest BCUT2D eigenvalue weighted by Crippen LogP contribution is 2.38. The Balaban J connectivity index is 1.40. The van der Waals surface area contributed by atoms with Gasteiger partial charge in [-0.05, 0) is 42.3 Å². The smallest absolute Gasteiger partial charge is 0.125 e. The third kappa shape index (κ3) is 4.66. The Bertz CT molecular complexity index is 949. The molecule has 2 atom stereocenters. The van der Waals surface area contributed by atoms with Gasteiger partial charge in [0, 0.05) is 48.3 Å². The number of fused-ring (bicyclic) bond motifs is 1. The number of ether oxygens (including phenoxy) is 3. The first-order chi connectivity index (χ1) is 14.2. The maximum atomic E-state index is 10.9. The van der Waals surface area contributed by atoms with Gasteiger partial charge in [-0.3, -0.25) is 9.97 Å². The van der Waals surface area contributed by atoms with Gasteiger partial charge >= 0.3 is 0 Å². The minimum Gasteiger partial charge on any atom is -0.497 e. The fourth-order valence-electron chi connectivity index (χ4n) is 3.51. The Morgan fingerprint density at radius 2 is 2.07 bits per heavy atom. The minimum absolute atomic E-state index is 0.0251. The van der Waals surface area contributed by atoms with E-state index in [1.54, 1.807) is 19.5 Å². The van der Waals surface area contributed by atoms with E-state index in [0.29, 0.717) is 37.6 Å². The van der Waals surface area contributed by atoms with Crippen LogP contribution in [0.3, 0.4) is 0 Å². The zero-order valence-corrected chi connectivity index (χ0v) is 16.3. The third-order valence-electron chi connectivity index (χ3n) is 5.07. The molecule has 150 valence electrons. The fourth-order valence-corrected chi connectivity index (χ4v) is 3.51.